The van der Waals surface area contributed by atoms with E-state index in [2.05, 4.69) is 4.99 Å². The number of methoxy groups -OCH3 is 1. The lowest BCUT2D eigenvalue weighted by molar-refractivity contribution is 0.407. The van der Waals surface area contributed by atoms with E-state index in [4.69, 9.17) is 4.74 Å². The lowest BCUT2D eigenvalue weighted by Crippen LogP contribution is -2.09. The summed E-state index contributed by atoms with van der Waals surface area (Å²) in [7, 11) is 1.57. The maximum Gasteiger partial charge on any atom is 0.128 e. The Labute approximate surface area is 90.4 Å². The molecule has 0 fully saturated rings. The van der Waals surface area contributed by atoms with Gasteiger partial charge in [0, 0.05) is 17.8 Å². The third-order valence-electron chi connectivity index (χ3n) is 1.83. The molecule has 0 saturated heterocycles. The quantitative estimate of drug-likeness (QED) is 0.757. The fraction of sp³-hybridized carbons (Fsp3) is 0.417. The van der Waals surface area contributed by atoms with Crippen molar-refractivity contribution in [3.05, 3.63) is 23.8 Å². The van der Waals surface area contributed by atoms with Crippen molar-refractivity contribution in [3.63, 3.8) is 0 Å². The lowest BCUT2D eigenvalue weighted by Gasteiger charge is -2.11. The van der Waals surface area contributed by atoms with Crippen LogP contribution in [0.5, 0.6) is 11.5 Å². The second-order valence-corrected chi connectivity index (χ2v) is 4.35. The van der Waals surface area contributed by atoms with Gasteiger partial charge >= 0.3 is 0 Å². The predicted octanol–water partition coefficient (Wildman–Crippen LogP) is 2.62. The number of rotatable bonds is 2. The molecular weight excluding hydrogens is 190 g/mol. The zero-order chi connectivity index (χ0) is 11.5. The number of hydrogen-bond donors (Lipinski definition) is 1. The van der Waals surface area contributed by atoms with Crippen LogP contribution in [0, 0.1) is 0 Å². The molecule has 1 aromatic carbocycles. The average Bonchev–Trinajstić information content (AvgIpc) is 2.14. The van der Waals surface area contributed by atoms with Crippen molar-refractivity contribution in [2.75, 3.05) is 7.11 Å². The van der Waals surface area contributed by atoms with Crippen LogP contribution >= 0.6 is 0 Å². The number of phenolic OH excluding ortho intramolecular Hbond substituents is 1. The molecule has 0 heterocycles. The molecule has 0 bridgehead atoms. The molecular formula is C12H17NO2. The van der Waals surface area contributed by atoms with Gasteiger partial charge in [0.2, 0.25) is 0 Å². The topological polar surface area (TPSA) is 41.8 Å². The molecule has 0 unspecified atom stereocenters. The molecule has 82 valence electrons. The largest absolute Gasteiger partial charge is 0.507 e. The molecule has 0 amide bonds. The third kappa shape index (κ3) is 3.62. The lowest BCUT2D eigenvalue weighted by atomic mass is 10.1. The van der Waals surface area contributed by atoms with Crippen molar-refractivity contribution in [2.24, 2.45) is 4.99 Å². The van der Waals surface area contributed by atoms with Crippen molar-refractivity contribution < 1.29 is 9.84 Å². The zero-order valence-corrected chi connectivity index (χ0v) is 9.61. The highest BCUT2D eigenvalue weighted by Gasteiger charge is 2.06. The molecule has 0 aromatic heterocycles. The minimum atomic E-state index is -0.133. The summed E-state index contributed by atoms with van der Waals surface area (Å²) in [5.41, 5.74) is 0.567. The second-order valence-electron chi connectivity index (χ2n) is 4.35. The first-order valence-electron chi connectivity index (χ1n) is 4.84. The van der Waals surface area contributed by atoms with Gasteiger partial charge in [0.05, 0.1) is 12.6 Å². The van der Waals surface area contributed by atoms with E-state index in [1.54, 1.807) is 31.5 Å². The Bertz CT molecular complexity index is 364. The molecule has 0 atom stereocenters. The minimum Gasteiger partial charge on any atom is -0.507 e. The molecule has 0 aliphatic heterocycles. The van der Waals surface area contributed by atoms with Crippen LogP contribution in [0.4, 0.5) is 0 Å². The molecule has 1 aromatic rings. The average molecular weight is 207 g/mol. The van der Waals surface area contributed by atoms with Gasteiger partial charge < -0.3 is 9.84 Å². The van der Waals surface area contributed by atoms with Crippen LogP contribution in [0.2, 0.25) is 0 Å². The molecule has 0 aliphatic rings. The van der Waals surface area contributed by atoms with Crippen LogP contribution in [0.3, 0.4) is 0 Å². The van der Waals surface area contributed by atoms with Crippen molar-refractivity contribution >= 4 is 6.21 Å². The number of aliphatic imine (C=N–C) groups is 1. The van der Waals surface area contributed by atoms with Crippen molar-refractivity contribution in [1.82, 2.24) is 0 Å². The summed E-state index contributed by atoms with van der Waals surface area (Å²) in [6.07, 6.45) is 1.68. The van der Waals surface area contributed by atoms with Crippen LogP contribution in [0.15, 0.2) is 23.2 Å². The fourth-order valence-electron chi connectivity index (χ4n) is 1.02. The highest BCUT2D eigenvalue weighted by atomic mass is 16.5. The standard InChI is InChI=1S/C12H17NO2/c1-12(2,3)13-8-9-5-6-10(15-4)7-11(9)14/h5-8,14H,1-4H3/b13-8+. The molecule has 1 rings (SSSR count). The van der Waals surface area contributed by atoms with Gasteiger partial charge in [-0.15, -0.1) is 0 Å². The Kier molecular flexibility index (Phi) is 3.35. The SMILES string of the molecule is COc1ccc(/C=N/C(C)(C)C)c(O)c1. The molecule has 0 aliphatic carbocycles. The molecule has 1 N–H and O–H groups in total. The number of benzene rings is 1. The molecule has 0 spiro atoms. The summed E-state index contributed by atoms with van der Waals surface area (Å²) in [6, 6.07) is 5.15. The Morgan fingerprint density at radius 1 is 1.33 bits per heavy atom. The van der Waals surface area contributed by atoms with Gasteiger partial charge in [0.15, 0.2) is 0 Å². The van der Waals surface area contributed by atoms with E-state index >= 15 is 0 Å². The van der Waals surface area contributed by atoms with E-state index in [1.165, 1.54) is 0 Å². The number of ether oxygens (including phenoxy) is 1. The van der Waals surface area contributed by atoms with Gasteiger partial charge in [-0.3, -0.25) is 4.99 Å². The monoisotopic (exact) mass is 207 g/mol. The van der Waals surface area contributed by atoms with Gasteiger partial charge in [-0.2, -0.15) is 0 Å². The first-order valence-corrected chi connectivity index (χ1v) is 4.84. The van der Waals surface area contributed by atoms with Gasteiger partial charge in [0.1, 0.15) is 11.5 Å². The van der Waals surface area contributed by atoms with E-state index in [9.17, 15) is 5.11 Å². The first-order chi connectivity index (χ1) is 6.92. The van der Waals surface area contributed by atoms with Crippen molar-refractivity contribution in [3.8, 4) is 11.5 Å². The van der Waals surface area contributed by atoms with E-state index < -0.39 is 0 Å². The Balaban J connectivity index is 2.92. The van der Waals surface area contributed by atoms with Crippen molar-refractivity contribution in [2.45, 2.75) is 26.3 Å². The van der Waals surface area contributed by atoms with Crippen LogP contribution < -0.4 is 4.74 Å². The molecule has 3 nitrogen and oxygen atoms in total. The van der Waals surface area contributed by atoms with E-state index in [0.717, 1.165) is 0 Å². The first kappa shape index (κ1) is 11.6. The van der Waals surface area contributed by atoms with Gasteiger partial charge in [-0.1, -0.05) is 0 Å². The Morgan fingerprint density at radius 2 is 2.00 bits per heavy atom. The van der Waals surface area contributed by atoms with Crippen LogP contribution in [0.1, 0.15) is 26.3 Å². The van der Waals surface area contributed by atoms with Gasteiger partial charge in [-0.05, 0) is 32.9 Å². The molecule has 0 radical (unpaired) electrons. The van der Waals surface area contributed by atoms with Crippen LogP contribution in [0.25, 0.3) is 0 Å². The number of hydrogen-bond acceptors (Lipinski definition) is 3. The molecule has 0 saturated carbocycles. The number of phenols is 1. The number of nitrogens with zero attached hydrogens (tertiary/aromatic N) is 1. The highest BCUT2D eigenvalue weighted by Crippen LogP contribution is 2.22. The summed E-state index contributed by atoms with van der Waals surface area (Å²) in [5, 5.41) is 9.65. The smallest absolute Gasteiger partial charge is 0.128 e. The van der Waals surface area contributed by atoms with Crippen LogP contribution in [-0.2, 0) is 0 Å². The Hall–Kier alpha value is -1.51. The maximum atomic E-state index is 9.65. The third-order valence-corrected chi connectivity index (χ3v) is 1.83. The summed E-state index contributed by atoms with van der Waals surface area (Å²) in [5.74, 6) is 0.822. The summed E-state index contributed by atoms with van der Waals surface area (Å²) in [6.45, 7) is 6.01. The van der Waals surface area contributed by atoms with Gasteiger partial charge in [-0.25, -0.2) is 0 Å². The van der Waals surface area contributed by atoms with E-state index in [-0.39, 0.29) is 11.3 Å². The van der Waals surface area contributed by atoms with Crippen molar-refractivity contribution in [1.29, 1.82) is 0 Å². The van der Waals surface area contributed by atoms with E-state index in [1.807, 2.05) is 20.8 Å². The summed E-state index contributed by atoms with van der Waals surface area (Å²) >= 11 is 0. The predicted molar refractivity (Wildman–Crippen MR) is 62.0 cm³/mol. The van der Waals surface area contributed by atoms with Crippen LogP contribution in [-0.4, -0.2) is 24.0 Å². The Morgan fingerprint density at radius 3 is 2.47 bits per heavy atom. The normalized spacial score (nSPS) is 12.0. The second kappa shape index (κ2) is 4.34. The van der Waals surface area contributed by atoms with Gasteiger partial charge in [0.25, 0.3) is 0 Å². The fourth-order valence-corrected chi connectivity index (χ4v) is 1.02. The summed E-state index contributed by atoms with van der Waals surface area (Å²) < 4.78 is 4.99. The summed E-state index contributed by atoms with van der Waals surface area (Å²) in [4.78, 5) is 4.32. The maximum absolute atomic E-state index is 9.65. The molecule has 15 heavy (non-hydrogen) atoms. The highest BCUT2D eigenvalue weighted by molar-refractivity contribution is 5.83. The zero-order valence-electron chi connectivity index (χ0n) is 9.61. The number of aromatic hydroxyl groups is 1. The van der Waals surface area contributed by atoms with E-state index in [0.29, 0.717) is 11.3 Å². The molecule has 3 heteroatoms. The minimum absolute atomic E-state index is 0.133.